The van der Waals surface area contributed by atoms with Crippen molar-refractivity contribution in [3.05, 3.63) is 95.6 Å². The van der Waals surface area contributed by atoms with Crippen molar-refractivity contribution in [2.45, 2.75) is 30.5 Å². The van der Waals surface area contributed by atoms with E-state index >= 15 is 0 Å². The molecule has 4 rings (SSSR count). The Bertz CT molecular complexity index is 1330. The molecule has 4 aromatic rings. The average molecular weight is 579 g/mol. The van der Waals surface area contributed by atoms with Crippen LogP contribution < -0.4 is 0 Å². The predicted octanol–water partition coefficient (Wildman–Crippen LogP) is 7.06. The van der Waals surface area contributed by atoms with Crippen molar-refractivity contribution >= 4 is 35.3 Å². The first kappa shape index (κ1) is 28.6. The van der Waals surface area contributed by atoms with Gasteiger partial charge in [0, 0.05) is 12.2 Å². The van der Waals surface area contributed by atoms with E-state index in [0.717, 1.165) is 17.7 Å². The summed E-state index contributed by atoms with van der Waals surface area (Å²) in [6.45, 7) is 0.177. The minimum atomic E-state index is -4.81. The highest BCUT2D eigenvalue weighted by atomic mass is 32.2. The van der Waals surface area contributed by atoms with Crippen molar-refractivity contribution < 1.29 is 36.3 Å². The number of aromatic nitrogens is 2. The second-order valence-electron chi connectivity index (χ2n) is 8.29. The number of rotatable bonds is 14. The van der Waals surface area contributed by atoms with E-state index in [1.54, 1.807) is 36.4 Å². The van der Waals surface area contributed by atoms with Crippen LogP contribution in [0.2, 0.25) is 0 Å². The normalized spacial score (nSPS) is 11.6. The van der Waals surface area contributed by atoms with Gasteiger partial charge in [-0.2, -0.15) is 41.8 Å². The van der Waals surface area contributed by atoms with Crippen LogP contribution in [0.4, 0.5) is 13.2 Å². The molecule has 206 valence electrons. The molecule has 12 heteroatoms. The van der Waals surface area contributed by atoms with Crippen LogP contribution in [0.1, 0.15) is 50.8 Å². The van der Waals surface area contributed by atoms with E-state index in [1.807, 2.05) is 12.1 Å². The number of esters is 1. The van der Waals surface area contributed by atoms with Gasteiger partial charge in [-0.25, -0.2) is 9.48 Å². The number of furan rings is 2. The molecule has 0 bridgehead atoms. The van der Waals surface area contributed by atoms with E-state index in [2.05, 4.69) is 5.10 Å². The number of nitrogens with zero attached hydrogens (tertiary/aromatic N) is 2. The highest BCUT2D eigenvalue weighted by Gasteiger charge is 2.40. The zero-order valence-electron chi connectivity index (χ0n) is 20.7. The van der Waals surface area contributed by atoms with Gasteiger partial charge in [0.25, 0.3) is 0 Å². The van der Waals surface area contributed by atoms with Gasteiger partial charge in [0.2, 0.25) is 0 Å². The van der Waals surface area contributed by atoms with Crippen LogP contribution in [0.3, 0.4) is 0 Å². The molecule has 0 aliphatic heterocycles. The molecular formula is C27H25F3N2O5S2. The molecule has 0 aliphatic carbocycles. The fourth-order valence-electron chi connectivity index (χ4n) is 3.64. The van der Waals surface area contributed by atoms with Crippen LogP contribution in [-0.4, -0.2) is 39.6 Å². The Hall–Kier alpha value is -3.38. The van der Waals surface area contributed by atoms with Crippen LogP contribution in [0.5, 0.6) is 0 Å². The van der Waals surface area contributed by atoms with Crippen LogP contribution in [0.15, 0.2) is 76.1 Å². The number of hydrogen-bond acceptors (Lipinski definition) is 8. The fourth-order valence-corrected chi connectivity index (χ4v) is 5.21. The average Bonchev–Trinajstić information content (AvgIpc) is 3.70. The van der Waals surface area contributed by atoms with Gasteiger partial charge < -0.3 is 13.6 Å². The third-order valence-electron chi connectivity index (χ3n) is 5.49. The molecule has 0 aliphatic rings. The maximum absolute atomic E-state index is 14.0. The van der Waals surface area contributed by atoms with E-state index in [0.29, 0.717) is 34.1 Å². The highest BCUT2D eigenvalue weighted by molar-refractivity contribution is 7.98. The van der Waals surface area contributed by atoms with E-state index in [9.17, 15) is 22.8 Å². The Morgan fingerprint density at radius 3 is 2.15 bits per heavy atom. The topological polar surface area (TPSA) is 87.5 Å². The number of carbonyl (C=O) groups is 2. The van der Waals surface area contributed by atoms with Crippen LogP contribution >= 0.6 is 23.5 Å². The van der Waals surface area contributed by atoms with Gasteiger partial charge in [0.15, 0.2) is 11.5 Å². The molecule has 0 saturated carbocycles. The molecule has 0 unspecified atom stereocenters. The van der Waals surface area contributed by atoms with Crippen LogP contribution in [0.25, 0.3) is 5.69 Å². The summed E-state index contributed by atoms with van der Waals surface area (Å²) in [6.07, 6.45) is -0.314. The third kappa shape index (κ3) is 8.06. The molecule has 0 N–H and O–H groups in total. The number of halogens is 3. The van der Waals surface area contributed by atoms with Crippen molar-refractivity contribution in [1.82, 2.24) is 9.78 Å². The quantitative estimate of drug-likeness (QED) is 0.0893. The summed E-state index contributed by atoms with van der Waals surface area (Å²) in [6, 6.07) is 12.7. The molecule has 0 spiro atoms. The summed E-state index contributed by atoms with van der Waals surface area (Å²) in [5.74, 6) is 2.85. The minimum Gasteiger partial charge on any atom is -0.468 e. The predicted molar refractivity (Wildman–Crippen MR) is 142 cm³/mol. The number of alkyl halides is 3. The lowest BCUT2D eigenvalue weighted by Crippen LogP contribution is -2.17. The third-order valence-corrected chi connectivity index (χ3v) is 7.50. The maximum atomic E-state index is 14.0. The first-order valence-corrected chi connectivity index (χ1v) is 14.3. The Morgan fingerprint density at radius 1 is 0.923 bits per heavy atom. The Labute approximate surface area is 231 Å². The number of carbonyl (C=O) groups excluding carboxylic acids is 2. The summed E-state index contributed by atoms with van der Waals surface area (Å²) in [7, 11) is 0. The number of benzene rings is 1. The second-order valence-corrected chi connectivity index (χ2v) is 10.5. The van der Waals surface area contributed by atoms with Gasteiger partial charge in [0.1, 0.15) is 18.1 Å². The molecule has 0 radical (unpaired) electrons. The molecule has 3 aromatic heterocycles. The molecule has 3 heterocycles. The van der Waals surface area contributed by atoms with Crippen molar-refractivity contribution in [2.24, 2.45) is 0 Å². The van der Waals surface area contributed by atoms with Crippen molar-refractivity contribution in [3.63, 3.8) is 0 Å². The van der Waals surface area contributed by atoms with Gasteiger partial charge >= 0.3 is 12.1 Å². The number of thioether (sulfide) groups is 2. The number of Topliss-reactive ketones (excluding diaryl/α,β-unsaturated/α-hetero) is 1. The summed E-state index contributed by atoms with van der Waals surface area (Å²) >= 11 is 3.08. The van der Waals surface area contributed by atoms with Crippen molar-refractivity contribution in [3.8, 4) is 5.69 Å². The molecule has 0 amide bonds. The monoisotopic (exact) mass is 578 g/mol. The van der Waals surface area contributed by atoms with E-state index in [-0.39, 0.29) is 24.3 Å². The Morgan fingerprint density at radius 2 is 1.56 bits per heavy atom. The molecule has 1 aromatic carbocycles. The summed E-state index contributed by atoms with van der Waals surface area (Å²) in [4.78, 5) is 25.0. The van der Waals surface area contributed by atoms with Crippen molar-refractivity contribution in [1.29, 1.82) is 0 Å². The summed E-state index contributed by atoms with van der Waals surface area (Å²) in [5.41, 5.74) is -1.35. The van der Waals surface area contributed by atoms with Crippen LogP contribution in [0, 0.1) is 0 Å². The first-order valence-electron chi connectivity index (χ1n) is 12.0. The largest absolute Gasteiger partial charge is 0.468 e. The maximum Gasteiger partial charge on any atom is 0.434 e. The van der Waals surface area contributed by atoms with E-state index in [1.165, 1.54) is 36.0 Å². The van der Waals surface area contributed by atoms with Gasteiger partial charge in [-0.3, -0.25) is 4.79 Å². The van der Waals surface area contributed by atoms with Gasteiger partial charge in [0.05, 0.1) is 47.0 Å². The molecule has 39 heavy (non-hydrogen) atoms. The molecular weight excluding hydrogens is 553 g/mol. The zero-order valence-corrected chi connectivity index (χ0v) is 22.3. The first-order chi connectivity index (χ1) is 18.8. The minimum absolute atomic E-state index is 0.0372. The van der Waals surface area contributed by atoms with Crippen molar-refractivity contribution in [2.75, 3.05) is 18.1 Å². The lowest BCUT2D eigenvalue weighted by molar-refractivity contribution is -0.143. The van der Waals surface area contributed by atoms with Gasteiger partial charge in [-0.1, -0.05) is 0 Å². The van der Waals surface area contributed by atoms with Gasteiger partial charge in [-0.15, -0.1) is 0 Å². The van der Waals surface area contributed by atoms with Crippen LogP contribution in [-0.2, 0) is 22.4 Å². The number of ketones is 1. The lowest BCUT2D eigenvalue weighted by Gasteiger charge is -2.13. The van der Waals surface area contributed by atoms with E-state index in [4.69, 9.17) is 13.6 Å². The lowest BCUT2D eigenvalue weighted by atomic mass is 10.1. The van der Waals surface area contributed by atoms with Gasteiger partial charge in [-0.05, 0) is 60.7 Å². The molecule has 0 atom stereocenters. The number of hydrogen-bond donors (Lipinski definition) is 0. The SMILES string of the molecule is O=C(OCCSCc1ccco1)c1ccc(-n2ncc(C(=O)CCCSCc3ccco3)c2C(F)(F)F)cc1. The van der Waals surface area contributed by atoms with E-state index < -0.39 is 29.2 Å². The fraction of sp³-hybridized carbons (Fsp3) is 0.296. The second kappa shape index (κ2) is 13.6. The Balaban J connectivity index is 1.32. The number of ether oxygens (including phenoxy) is 1. The molecule has 7 nitrogen and oxygen atoms in total. The smallest absolute Gasteiger partial charge is 0.434 e. The summed E-state index contributed by atoms with van der Waals surface area (Å²) < 4.78 is 58.3. The Kier molecular flexibility index (Phi) is 9.99. The summed E-state index contributed by atoms with van der Waals surface area (Å²) in [5, 5.41) is 3.85. The highest BCUT2D eigenvalue weighted by Crippen LogP contribution is 2.34. The molecule has 0 fully saturated rings. The zero-order chi connectivity index (χ0) is 27.7. The molecule has 0 saturated heterocycles. The standard InChI is InChI=1S/C27H25F3N2O5S2/c28-27(29,30)25-23(24(33)6-3-14-38-17-21-4-1-11-35-21)16-31-32(25)20-9-7-19(8-10-20)26(34)37-13-15-39-18-22-5-2-12-36-22/h1-2,4-5,7-12,16H,3,6,13-15,17-18H2.